The third-order valence-corrected chi connectivity index (χ3v) is 6.86. The van der Waals surface area contributed by atoms with Gasteiger partial charge in [-0.2, -0.15) is 5.26 Å². The number of methoxy groups -OCH3 is 1. The van der Waals surface area contributed by atoms with Crippen LogP contribution >= 0.6 is 11.6 Å². The van der Waals surface area contributed by atoms with Gasteiger partial charge in [0.25, 0.3) is 0 Å². The second kappa shape index (κ2) is 12.2. The highest BCUT2D eigenvalue weighted by atomic mass is 35.5. The second-order valence-electron chi connectivity index (χ2n) is 9.24. The first-order chi connectivity index (χ1) is 19.9. The number of aromatic nitrogens is 3. The van der Waals surface area contributed by atoms with Crippen LogP contribution in [0.4, 0.5) is 4.39 Å². The van der Waals surface area contributed by atoms with E-state index < -0.39 is 11.8 Å². The summed E-state index contributed by atoms with van der Waals surface area (Å²) in [5, 5.41) is 18.8. The monoisotopic (exact) mass is 570 g/mol. The van der Waals surface area contributed by atoms with Crippen molar-refractivity contribution in [2.45, 2.75) is 19.6 Å². The van der Waals surface area contributed by atoms with Crippen LogP contribution in [0.2, 0.25) is 5.02 Å². The van der Waals surface area contributed by atoms with Crippen LogP contribution in [0.15, 0.2) is 72.8 Å². The zero-order valence-electron chi connectivity index (χ0n) is 22.0. The molecule has 41 heavy (non-hydrogen) atoms. The number of pyridine rings is 1. The summed E-state index contributed by atoms with van der Waals surface area (Å²) in [7, 11) is 1.61. The minimum absolute atomic E-state index is 0.0430. The second-order valence-corrected chi connectivity index (χ2v) is 9.65. The van der Waals surface area contributed by atoms with Gasteiger partial charge in [0, 0.05) is 37.3 Å². The molecule has 0 saturated heterocycles. The summed E-state index contributed by atoms with van der Waals surface area (Å²) in [6.07, 6.45) is 0.466. The number of hydrogen-bond acceptors (Lipinski definition) is 6. The van der Waals surface area contributed by atoms with Gasteiger partial charge < -0.3 is 19.1 Å². The van der Waals surface area contributed by atoms with Gasteiger partial charge in [-0.15, -0.1) is 0 Å². The summed E-state index contributed by atoms with van der Waals surface area (Å²) in [5.74, 6) is -0.456. The molecule has 10 heteroatoms. The number of carboxylic acid groups (broad SMARTS) is 1. The van der Waals surface area contributed by atoms with Crippen LogP contribution in [0.25, 0.3) is 22.3 Å². The molecule has 3 aromatic carbocycles. The van der Waals surface area contributed by atoms with Crippen molar-refractivity contribution in [3.8, 4) is 23.2 Å². The lowest BCUT2D eigenvalue weighted by molar-refractivity contribution is 0.0697. The van der Waals surface area contributed by atoms with Gasteiger partial charge in [-0.3, -0.25) is 0 Å². The van der Waals surface area contributed by atoms with E-state index in [-0.39, 0.29) is 17.7 Å². The van der Waals surface area contributed by atoms with Crippen molar-refractivity contribution >= 4 is 28.6 Å². The van der Waals surface area contributed by atoms with E-state index in [0.717, 1.165) is 16.9 Å². The van der Waals surface area contributed by atoms with Gasteiger partial charge in [0.05, 0.1) is 45.6 Å². The van der Waals surface area contributed by atoms with E-state index in [1.165, 1.54) is 18.2 Å². The van der Waals surface area contributed by atoms with Gasteiger partial charge in [0.15, 0.2) is 0 Å². The normalized spacial score (nSPS) is 11.0. The Bertz CT molecular complexity index is 1800. The van der Waals surface area contributed by atoms with Crippen LogP contribution in [0.5, 0.6) is 5.88 Å². The average Bonchev–Trinajstić information content (AvgIpc) is 3.31. The Hall–Kier alpha value is -4.78. The van der Waals surface area contributed by atoms with Crippen molar-refractivity contribution in [2.75, 3.05) is 13.7 Å². The van der Waals surface area contributed by atoms with Crippen LogP contribution in [-0.2, 0) is 24.3 Å². The molecule has 2 aromatic heterocycles. The number of hydrogen-bond donors (Lipinski definition) is 1. The third kappa shape index (κ3) is 6.19. The van der Waals surface area contributed by atoms with Gasteiger partial charge in [0.1, 0.15) is 18.2 Å². The molecule has 0 fully saturated rings. The number of fused-ring (bicyclic) bond motifs is 1. The molecule has 0 atom stereocenters. The van der Waals surface area contributed by atoms with Crippen LogP contribution in [0.1, 0.15) is 32.9 Å². The van der Waals surface area contributed by atoms with Crippen molar-refractivity contribution in [1.82, 2.24) is 14.5 Å². The van der Waals surface area contributed by atoms with E-state index in [4.69, 9.17) is 31.3 Å². The Balaban J connectivity index is 1.36. The molecule has 0 unspecified atom stereocenters. The number of carbonyl (C=O) groups is 1. The van der Waals surface area contributed by atoms with E-state index in [2.05, 4.69) is 4.98 Å². The molecule has 0 saturated carbocycles. The maximum absolute atomic E-state index is 14.2. The largest absolute Gasteiger partial charge is 0.478 e. The van der Waals surface area contributed by atoms with E-state index in [0.29, 0.717) is 52.8 Å². The lowest BCUT2D eigenvalue weighted by Gasteiger charge is -2.11. The minimum atomic E-state index is -1.00. The number of rotatable bonds is 10. The van der Waals surface area contributed by atoms with E-state index in [9.17, 15) is 14.3 Å². The van der Waals surface area contributed by atoms with Crippen LogP contribution in [0, 0.1) is 17.1 Å². The Morgan fingerprint density at radius 3 is 2.68 bits per heavy atom. The van der Waals surface area contributed by atoms with Gasteiger partial charge in [-0.1, -0.05) is 35.9 Å². The van der Waals surface area contributed by atoms with Crippen molar-refractivity contribution in [1.29, 1.82) is 5.26 Å². The number of aromatic carboxylic acids is 1. The number of benzene rings is 3. The molecular weight excluding hydrogens is 547 g/mol. The number of nitrogens with zero attached hydrogens (tertiary/aromatic N) is 4. The average molecular weight is 571 g/mol. The van der Waals surface area contributed by atoms with Gasteiger partial charge >= 0.3 is 5.97 Å². The summed E-state index contributed by atoms with van der Waals surface area (Å²) in [4.78, 5) is 20.8. The number of imidazole rings is 1. The zero-order chi connectivity index (χ0) is 28.9. The molecule has 0 spiro atoms. The molecule has 206 valence electrons. The number of ether oxygens (including phenoxy) is 2. The highest BCUT2D eigenvalue weighted by Crippen LogP contribution is 2.30. The molecule has 2 heterocycles. The predicted molar refractivity (Wildman–Crippen MR) is 152 cm³/mol. The lowest BCUT2D eigenvalue weighted by atomic mass is 10.1. The Morgan fingerprint density at radius 1 is 1.10 bits per heavy atom. The maximum atomic E-state index is 14.2. The topological polar surface area (TPSA) is 110 Å². The van der Waals surface area contributed by atoms with Crippen LogP contribution in [0.3, 0.4) is 0 Å². The summed E-state index contributed by atoms with van der Waals surface area (Å²) < 4.78 is 27.2. The fourth-order valence-electron chi connectivity index (χ4n) is 4.46. The first kappa shape index (κ1) is 27.8. The maximum Gasteiger partial charge on any atom is 0.335 e. The summed E-state index contributed by atoms with van der Waals surface area (Å²) in [6.45, 7) is 0.913. The summed E-state index contributed by atoms with van der Waals surface area (Å²) in [5.41, 5.74) is 4.37. The van der Waals surface area contributed by atoms with Gasteiger partial charge in [-0.25, -0.2) is 19.2 Å². The molecule has 0 amide bonds. The number of carboxylic acids is 1. The standard InChI is InChI=1S/C31H24ClFN4O4/c1-40-12-11-37-28-16-21(31(38)39)8-10-27(28)35-29(37)15-19-6-9-23(24(32)13-19)26-3-2-4-30(36-26)41-18-22-7-5-20(17-34)14-25(22)33/h2-10,13-14,16H,11-12,15,18H2,1H3,(H,38,39). The van der Waals surface area contributed by atoms with Crippen LogP contribution < -0.4 is 4.74 Å². The van der Waals surface area contributed by atoms with Crippen molar-refractivity contribution in [2.24, 2.45) is 0 Å². The first-order valence-corrected chi connectivity index (χ1v) is 13.0. The lowest BCUT2D eigenvalue weighted by Crippen LogP contribution is -2.09. The van der Waals surface area contributed by atoms with E-state index >= 15 is 0 Å². The van der Waals surface area contributed by atoms with E-state index in [1.54, 1.807) is 43.5 Å². The Morgan fingerprint density at radius 2 is 1.95 bits per heavy atom. The Labute approximate surface area is 240 Å². The number of halogens is 2. The number of nitriles is 1. The molecule has 1 N–H and O–H groups in total. The van der Waals surface area contributed by atoms with Crippen molar-refractivity contribution in [3.63, 3.8) is 0 Å². The summed E-state index contributed by atoms with van der Waals surface area (Å²) >= 11 is 6.69. The molecule has 0 aliphatic rings. The fraction of sp³-hybridized carbons (Fsp3) is 0.161. The van der Waals surface area contributed by atoms with E-state index in [1.807, 2.05) is 28.8 Å². The summed E-state index contributed by atoms with van der Waals surface area (Å²) in [6, 6.07) is 21.9. The van der Waals surface area contributed by atoms with Gasteiger partial charge in [-0.05, 0) is 48.0 Å². The predicted octanol–water partition coefficient (Wildman–Crippen LogP) is 6.28. The molecule has 5 aromatic rings. The molecule has 0 bridgehead atoms. The zero-order valence-corrected chi connectivity index (χ0v) is 22.7. The van der Waals surface area contributed by atoms with Crippen molar-refractivity contribution in [3.05, 3.63) is 112 Å². The fourth-order valence-corrected chi connectivity index (χ4v) is 4.76. The molecule has 0 aliphatic heterocycles. The third-order valence-electron chi connectivity index (χ3n) is 6.55. The minimum Gasteiger partial charge on any atom is -0.478 e. The van der Waals surface area contributed by atoms with Crippen LogP contribution in [-0.4, -0.2) is 39.3 Å². The highest BCUT2D eigenvalue weighted by Gasteiger charge is 2.15. The highest BCUT2D eigenvalue weighted by molar-refractivity contribution is 6.33. The quantitative estimate of drug-likeness (QED) is 0.210. The first-order valence-electron chi connectivity index (χ1n) is 12.6. The smallest absolute Gasteiger partial charge is 0.335 e. The molecule has 0 radical (unpaired) electrons. The van der Waals surface area contributed by atoms with Crippen molar-refractivity contribution < 1.29 is 23.8 Å². The molecule has 5 rings (SSSR count). The Kier molecular flexibility index (Phi) is 8.24. The molecular formula is C31H24ClFN4O4. The van der Waals surface area contributed by atoms with Gasteiger partial charge in [0.2, 0.25) is 5.88 Å². The molecule has 0 aliphatic carbocycles. The SMILES string of the molecule is COCCn1c(Cc2ccc(-c3cccc(OCc4ccc(C#N)cc4F)n3)c(Cl)c2)nc2ccc(C(=O)O)cc21. The molecule has 8 nitrogen and oxygen atoms in total.